The van der Waals surface area contributed by atoms with E-state index < -0.39 is 18.5 Å². The van der Waals surface area contributed by atoms with Crippen LogP contribution in [-0.2, 0) is 14.3 Å². The summed E-state index contributed by atoms with van der Waals surface area (Å²) in [6, 6.07) is 3.60. The molecule has 20 heavy (non-hydrogen) atoms. The third-order valence-electron chi connectivity index (χ3n) is 2.63. The van der Waals surface area contributed by atoms with E-state index in [1.807, 2.05) is 26.8 Å². The molecule has 0 fully saturated rings. The van der Waals surface area contributed by atoms with Gasteiger partial charge in [0.1, 0.15) is 5.75 Å². The van der Waals surface area contributed by atoms with Gasteiger partial charge in [0.15, 0.2) is 13.2 Å². The van der Waals surface area contributed by atoms with Gasteiger partial charge in [-0.25, -0.2) is 4.79 Å². The van der Waals surface area contributed by atoms with Crippen LogP contribution >= 0.6 is 11.6 Å². The number of halogens is 1. The standard InChI is InChI=1S/C14H18ClNO4/c1-8(2)10-5-11(15)9(3)4-12(10)19-7-14(18)20-6-13(16)17/h4-5,8H,6-7H2,1-3H3,(H2,16,17). The summed E-state index contributed by atoms with van der Waals surface area (Å²) in [5.41, 5.74) is 6.64. The number of benzene rings is 1. The van der Waals surface area contributed by atoms with Gasteiger partial charge in [0.25, 0.3) is 5.91 Å². The quantitative estimate of drug-likeness (QED) is 0.817. The first kappa shape index (κ1) is 16.3. The molecule has 6 heteroatoms. The van der Waals surface area contributed by atoms with E-state index in [4.69, 9.17) is 22.1 Å². The molecule has 1 aromatic carbocycles. The minimum absolute atomic E-state index is 0.199. The Bertz CT molecular complexity index is 514. The second-order valence-corrected chi connectivity index (χ2v) is 5.12. The maximum absolute atomic E-state index is 11.4. The summed E-state index contributed by atoms with van der Waals surface area (Å²) in [4.78, 5) is 21.9. The van der Waals surface area contributed by atoms with Crippen LogP contribution in [0.1, 0.15) is 30.9 Å². The first-order chi connectivity index (χ1) is 9.31. The van der Waals surface area contributed by atoms with Crippen molar-refractivity contribution in [1.29, 1.82) is 0 Å². The fourth-order valence-corrected chi connectivity index (χ4v) is 1.75. The van der Waals surface area contributed by atoms with Gasteiger partial charge in [-0.2, -0.15) is 0 Å². The van der Waals surface area contributed by atoms with Crippen LogP contribution in [0.15, 0.2) is 12.1 Å². The highest BCUT2D eigenvalue weighted by atomic mass is 35.5. The molecule has 0 unspecified atom stereocenters. The Hall–Kier alpha value is -1.75. The first-order valence-electron chi connectivity index (χ1n) is 6.18. The molecular weight excluding hydrogens is 282 g/mol. The molecule has 0 aromatic heterocycles. The van der Waals surface area contributed by atoms with E-state index in [1.165, 1.54) is 0 Å². The summed E-state index contributed by atoms with van der Waals surface area (Å²) in [7, 11) is 0. The topological polar surface area (TPSA) is 78.6 Å². The minimum atomic E-state index is -0.705. The van der Waals surface area contributed by atoms with E-state index in [-0.39, 0.29) is 12.5 Å². The van der Waals surface area contributed by atoms with E-state index in [0.717, 1.165) is 11.1 Å². The van der Waals surface area contributed by atoms with E-state index in [2.05, 4.69) is 4.74 Å². The molecule has 110 valence electrons. The molecule has 1 rings (SSSR count). The number of primary amides is 1. The minimum Gasteiger partial charge on any atom is -0.482 e. The van der Waals surface area contributed by atoms with Crippen molar-refractivity contribution in [2.75, 3.05) is 13.2 Å². The second-order valence-electron chi connectivity index (χ2n) is 4.71. The van der Waals surface area contributed by atoms with Crippen molar-refractivity contribution >= 4 is 23.5 Å². The van der Waals surface area contributed by atoms with Crippen LogP contribution in [-0.4, -0.2) is 25.1 Å². The number of carbonyl (C=O) groups excluding carboxylic acids is 2. The predicted octanol–water partition coefficient (Wildman–Crippen LogP) is 2.18. The van der Waals surface area contributed by atoms with Crippen LogP contribution in [0, 0.1) is 6.92 Å². The largest absolute Gasteiger partial charge is 0.482 e. The number of aryl methyl sites for hydroxylation is 1. The summed E-state index contributed by atoms with van der Waals surface area (Å²) in [5, 5.41) is 0.650. The summed E-state index contributed by atoms with van der Waals surface area (Å²) < 4.78 is 10.1. The number of amides is 1. The van der Waals surface area contributed by atoms with E-state index in [0.29, 0.717) is 10.8 Å². The lowest BCUT2D eigenvalue weighted by molar-refractivity contribution is -0.149. The van der Waals surface area contributed by atoms with Gasteiger partial charge in [0, 0.05) is 5.02 Å². The maximum atomic E-state index is 11.4. The van der Waals surface area contributed by atoms with Crippen molar-refractivity contribution in [3.05, 3.63) is 28.3 Å². The highest BCUT2D eigenvalue weighted by molar-refractivity contribution is 6.31. The Morgan fingerprint density at radius 2 is 1.95 bits per heavy atom. The number of hydrogen-bond donors (Lipinski definition) is 1. The highest BCUT2D eigenvalue weighted by Crippen LogP contribution is 2.31. The zero-order valence-electron chi connectivity index (χ0n) is 11.7. The fourth-order valence-electron chi connectivity index (χ4n) is 1.58. The van der Waals surface area contributed by atoms with E-state index in [1.54, 1.807) is 6.07 Å². The van der Waals surface area contributed by atoms with Gasteiger partial charge in [-0.15, -0.1) is 0 Å². The molecule has 0 saturated heterocycles. The molecule has 0 saturated carbocycles. The molecule has 0 spiro atoms. The van der Waals surface area contributed by atoms with Gasteiger partial charge >= 0.3 is 5.97 Å². The number of rotatable bonds is 6. The molecular formula is C14H18ClNO4. The summed E-state index contributed by atoms with van der Waals surface area (Å²) in [5.74, 6) is -0.572. The lowest BCUT2D eigenvalue weighted by Gasteiger charge is -2.15. The summed E-state index contributed by atoms with van der Waals surface area (Å²) in [6.07, 6.45) is 0. The van der Waals surface area contributed by atoms with Crippen molar-refractivity contribution in [3.63, 3.8) is 0 Å². The number of ether oxygens (including phenoxy) is 2. The zero-order valence-corrected chi connectivity index (χ0v) is 12.5. The lowest BCUT2D eigenvalue weighted by Crippen LogP contribution is -2.24. The second kappa shape index (κ2) is 7.14. The van der Waals surface area contributed by atoms with E-state index in [9.17, 15) is 9.59 Å². The SMILES string of the molecule is Cc1cc(OCC(=O)OCC(N)=O)c(C(C)C)cc1Cl. The van der Waals surface area contributed by atoms with Crippen molar-refractivity contribution in [2.24, 2.45) is 5.73 Å². The van der Waals surface area contributed by atoms with Crippen LogP contribution in [0.4, 0.5) is 0 Å². The molecule has 0 bridgehead atoms. The maximum Gasteiger partial charge on any atom is 0.344 e. The molecule has 2 N–H and O–H groups in total. The van der Waals surface area contributed by atoms with Crippen molar-refractivity contribution in [3.8, 4) is 5.75 Å². The Morgan fingerprint density at radius 3 is 2.50 bits per heavy atom. The number of carbonyl (C=O) groups is 2. The zero-order chi connectivity index (χ0) is 15.3. The summed E-state index contributed by atoms with van der Waals surface area (Å²) in [6.45, 7) is 5.12. The molecule has 0 atom stereocenters. The predicted molar refractivity (Wildman–Crippen MR) is 75.9 cm³/mol. The number of nitrogens with two attached hydrogens (primary N) is 1. The highest BCUT2D eigenvalue weighted by Gasteiger charge is 2.13. The van der Waals surface area contributed by atoms with Crippen LogP contribution in [0.2, 0.25) is 5.02 Å². The Kier molecular flexibility index (Phi) is 5.82. The Morgan fingerprint density at radius 1 is 1.30 bits per heavy atom. The van der Waals surface area contributed by atoms with Gasteiger partial charge in [0.05, 0.1) is 0 Å². The van der Waals surface area contributed by atoms with Crippen molar-refractivity contribution in [1.82, 2.24) is 0 Å². The number of esters is 1. The van der Waals surface area contributed by atoms with Crippen LogP contribution in [0.5, 0.6) is 5.75 Å². The van der Waals surface area contributed by atoms with Gasteiger partial charge in [0.2, 0.25) is 0 Å². The first-order valence-corrected chi connectivity index (χ1v) is 6.55. The normalized spacial score (nSPS) is 10.4. The van der Waals surface area contributed by atoms with Crippen LogP contribution < -0.4 is 10.5 Å². The monoisotopic (exact) mass is 299 g/mol. The third-order valence-corrected chi connectivity index (χ3v) is 3.04. The molecule has 5 nitrogen and oxygen atoms in total. The van der Waals surface area contributed by atoms with Gasteiger partial charge in [-0.3, -0.25) is 4.79 Å². The van der Waals surface area contributed by atoms with E-state index >= 15 is 0 Å². The molecule has 0 heterocycles. The van der Waals surface area contributed by atoms with Gasteiger partial charge < -0.3 is 15.2 Å². The van der Waals surface area contributed by atoms with Crippen molar-refractivity contribution in [2.45, 2.75) is 26.7 Å². The molecule has 0 radical (unpaired) electrons. The summed E-state index contributed by atoms with van der Waals surface area (Å²) >= 11 is 6.08. The van der Waals surface area contributed by atoms with Crippen LogP contribution in [0.25, 0.3) is 0 Å². The molecule has 0 aliphatic rings. The third kappa shape index (κ3) is 4.74. The van der Waals surface area contributed by atoms with Crippen molar-refractivity contribution < 1.29 is 19.1 Å². The average molecular weight is 300 g/mol. The lowest BCUT2D eigenvalue weighted by atomic mass is 10.0. The van der Waals surface area contributed by atoms with Gasteiger partial charge in [-0.1, -0.05) is 25.4 Å². The smallest absolute Gasteiger partial charge is 0.344 e. The van der Waals surface area contributed by atoms with Gasteiger partial charge in [-0.05, 0) is 36.1 Å². The molecule has 1 amide bonds. The average Bonchev–Trinajstić information content (AvgIpc) is 2.36. The Labute approximate surface area is 123 Å². The van der Waals surface area contributed by atoms with Crippen LogP contribution in [0.3, 0.4) is 0 Å². The molecule has 0 aliphatic carbocycles. The Balaban J connectivity index is 2.74. The molecule has 1 aromatic rings. The number of hydrogen-bond acceptors (Lipinski definition) is 4. The molecule has 0 aliphatic heterocycles. The fraction of sp³-hybridized carbons (Fsp3) is 0.429.